The number of rotatable bonds is 6. The topological polar surface area (TPSA) is 39.7 Å². The number of halogens is 3. The van der Waals surface area contributed by atoms with E-state index in [-0.39, 0.29) is 35.6 Å². The molecule has 7 heteroatoms. The van der Waals surface area contributed by atoms with Crippen LogP contribution in [0.15, 0.2) is 41.4 Å². The number of hydrogen-bond donors (Lipinski definition) is 2. The van der Waals surface area contributed by atoms with Crippen molar-refractivity contribution in [2.45, 2.75) is 26.6 Å². The first-order valence-corrected chi connectivity index (χ1v) is 8.50. The first-order chi connectivity index (χ1) is 12.4. The molecule has 0 bridgehead atoms. The van der Waals surface area contributed by atoms with E-state index in [0.717, 1.165) is 11.1 Å². The molecule has 0 aliphatic carbocycles. The van der Waals surface area contributed by atoms with Gasteiger partial charge in [0.2, 0.25) is 0 Å². The van der Waals surface area contributed by atoms with E-state index in [1.807, 2.05) is 31.1 Å². The fraction of sp³-hybridized carbons (Fsp3) is 0.350. The molecule has 27 heavy (non-hydrogen) atoms. The zero-order valence-electron chi connectivity index (χ0n) is 16.1. The first-order valence-electron chi connectivity index (χ1n) is 8.50. The molecule has 0 heterocycles. The Balaban J connectivity index is 0.00000364. The number of aryl methyl sites for hydroxylation is 1. The molecule has 0 amide bonds. The van der Waals surface area contributed by atoms with Gasteiger partial charge in [0.05, 0.1) is 0 Å². The third-order valence-electron chi connectivity index (χ3n) is 3.98. The summed E-state index contributed by atoms with van der Waals surface area (Å²) < 4.78 is 27.5. The van der Waals surface area contributed by atoms with Crippen molar-refractivity contribution in [2.24, 2.45) is 4.99 Å². The second-order valence-electron chi connectivity index (χ2n) is 6.53. The Bertz CT molecular complexity index is 779. The highest BCUT2D eigenvalue weighted by Gasteiger charge is 2.06. The lowest BCUT2D eigenvalue weighted by atomic mass is 10.1. The van der Waals surface area contributed by atoms with Gasteiger partial charge in [0.15, 0.2) is 5.96 Å². The third-order valence-corrected chi connectivity index (χ3v) is 3.98. The van der Waals surface area contributed by atoms with Crippen molar-refractivity contribution >= 4 is 29.9 Å². The van der Waals surface area contributed by atoms with Gasteiger partial charge in [0, 0.05) is 32.2 Å². The smallest absolute Gasteiger partial charge is 0.191 e. The summed E-state index contributed by atoms with van der Waals surface area (Å²) in [5.41, 5.74) is 3.09. The van der Waals surface area contributed by atoms with Gasteiger partial charge >= 0.3 is 0 Å². The van der Waals surface area contributed by atoms with E-state index in [1.165, 1.54) is 12.1 Å². The number of nitrogens with one attached hydrogen (secondary N) is 2. The molecule has 0 radical (unpaired) electrons. The van der Waals surface area contributed by atoms with Crippen LogP contribution in [-0.2, 0) is 19.6 Å². The van der Waals surface area contributed by atoms with Crippen molar-refractivity contribution in [1.29, 1.82) is 0 Å². The molecule has 0 atom stereocenters. The SMILES string of the molecule is CN=C(NCc1ccc(C)c(F)c1)NCc1ccc(F)c(CN(C)C)c1.I. The van der Waals surface area contributed by atoms with Crippen molar-refractivity contribution in [2.75, 3.05) is 21.1 Å². The van der Waals surface area contributed by atoms with Crippen molar-refractivity contribution in [3.63, 3.8) is 0 Å². The Morgan fingerprint density at radius 3 is 2.11 bits per heavy atom. The van der Waals surface area contributed by atoms with Gasteiger partial charge in [0.1, 0.15) is 11.6 Å². The fourth-order valence-corrected chi connectivity index (χ4v) is 2.54. The van der Waals surface area contributed by atoms with Crippen LogP contribution in [0.4, 0.5) is 8.78 Å². The van der Waals surface area contributed by atoms with E-state index in [9.17, 15) is 8.78 Å². The number of nitrogens with zero attached hydrogens (tertiary/aromatic N) is 2. The Kier molecular flexibility index (Phi) is 9.65. The maximum Gasteiger partial charge on any atom is 0.191 e. The van der Waals surface area contributed by atoms with Gasteiger partial charge in [-0.05, 0) is 55.9 Å². The molecule has 0 aliphatic rings. The van der Waals surface area contributed by atoms with Crippen molar-refractivity contribution in [1.82, 2.24) is 15.5 Å². The molecule has 2 aromatic rings. The largest absolute Gasteiger partial charge is 0.352 e. The van der Waals surface area contributed by atoms with Crippen LogP contribution in [-0.4, -0.2) is 32.0 Å². The first kappa shape index (κ1) is 23.3. The Morgan fingerprint density at radius 2 is 1.56 bits per heavy atom. The number of hydrogen-bond acceptors (Lipinski definition) is 2. The van der Waals surface area contributed by atoms with Gasteiger partial charge in [-0.25, -0.2) is 8.78 Å². The zero-order chi connectivity index (χ0) is 19.1. The maximum absolute atomic E-state index is 13.9. The average molecular weight is 488 g/mol. The van der Waals surface area contributed by atoms with E-state index in [2.05, 4.69) is 15.6 Å². The van der Waals surface area contributed by atoms with Crippen LogP contribution in [0.3, 0.4) is 0 Å². The number of benzene rings is 2. The molecule has 0 spiro atoms. The standard InChI is InChI=1S/C20H26F2N4.HI/c1-14-5-6-16(10-19(14)22)12-25-20(23-2)24-11-15-7-8-18(21)17(9-15)13-26(3)4;/h5-10H,11-13H2,1-4H3,(H2,23,24,25);1H. The van der Waals surface area contributed by atoms with Gasteiger partial charge in [-0.15, -0.1) is 24.0 Å². The minimum absolute atomic E-state index is 0. The van der Waals surface area contributed by atoms with Crippen LogP contribution in [0.5, 0.6) is 0 Å². The highest BCUT2D eigenvalue weighted by atomic mass is 127. The maximum atomic E-state index is 13.9. The molecule has 2 N–H and O–H groups in total. The molecular formula is C20H27F2IN4. The predicted molar refractivity (Wildman–Crippen MR) is 117 cm³/mol. The van der Waals surface area contributed by atoms with E-state index >= 15 is 0 Å². The Hall–Kier alpha value is -1.74. The van der Waals surface area contributed by atoms with Crippen molar-refractivity contribution < 1.29 is 8.78 Å². The molecule has 4 nitrogen and oxygen atoms in total. The lowest BCUT2D eigenvalue weighted by Gasteiger charge is -2.14. The lowest BCUT2D eigenvalue weighted by molar-refractivity contribution is 0.392. The highest BCUT2D eigenvalue weighted by Crippen LogP contribution is 2.12. The molecular weight excluding hydrogens is 461 g/mol. The quantitative estimate of drug-likeness (QED) is 0.369. The summed E-state index contributed by atoms with van der Waals surface area (Å²) in [7, 11) is 5.49. The van der Waals surface area contributed by atoms with Gasteiger partial charge in [-0.3, -0.25) is 4.99 Å². The van der Waals surface area contributed by atoms with Crippen molar-refractivity contribution in [3.05, 3.63) is 70.3 Å². The number of aliphatic imine (C=N–C) groups is 1. The summed E-state index contributed by atoms with van der Waals surface area (Å²) in [5, 5.41) is 6.34. The summed E-state index contributed by atoms with van der Waals surface area (Å²) >= 11 is 0. The fourth-order valence-electron chi connectivity index (χ4n) is 2.54. The minimum atomic E-state index is -0.216. The van der Waals surface area contributed by atoms with Crippen LogP contribution >= 0.6 is 24.0 Å². The molecule has 2 aromatic carbocycles. The van der Waals surface area contributed by atoms with Crippen LogP contribution in [0.2, 0.25) is 0 Å². The normalized spacial score (nSPS) is 11.3. The molecule has 148 valence electrons. The van der Waals surface area contributed by atoms with Crippen LogP contribution in [0.1, 0.15) is 22.3 Å². The predicted octanol–water partition coefficient (Wildman–Crippen LogP) is 3.82. The highest BCUT2D eigenvalue weighted by molar-refractivity contribution is 14.0. The van der Waals surface area contributed by atoms with E-state index in [1.54, 1.807) is 26.1 Å². The van der Waals surface area contributed by atoms with Crippen LogP contribution in [0, 0.1) is 18.6 Å². The molecule has 0 fully saturated rings. The van der Waals surface area contributed by atoms with E-state index in [4.69, 9.17) is 0 Å². The molecule has 0 saturated heterocycles. The Morgan fingerprint density at radius 1 is 0.963 bits per heavy atom. The van der Waals surface area contributed by atoms with Crippen LogP contribution < -0.4 is 10.6 Å². The van der Waals surface area contributed by atoms with Gasteiger partial charge in [-0.2, -0.15) is 0 Å². The van der Waals surface area contributed by atoms with Gasteiger partial charge < -0.3 is 15.5 Å². The second kappa shape index (κ2) is 11.2. The molecule has 0 aromatic heterocycles. The Labute approximate surface area is 177 Å². The summed E-state index contributed by atoms with van der Waals surface area (Å²) in [4.78, 5) is 6.09. The second-order valence-corrected chi connectivity index (χ2v) is 6.53. The lowest BCUT2D eigenvalue weighted by Crippen LogP contribution is -2.36. The van der Waals surface area contributed by atoms with Crippen LogP contribution in [0.25, 0.3) is 0 Å². The molecule has 0 aliphatic heterocycles. The molecule has 0 saturated carbocycles. The van der Waals surface area contributed by atoms with Crippen molar-refractivity contribution in [3.8, 4) is 0 Å². The third kappa shape index (κ3) is 7.42. The van der Waals surface area contributed by atoms with E-state index < -0.39 is 0 Å². The van der Waals surface area contributed by atoms with Gasteiger partial charge in [0.25, 0.3) is 0 Å². The zero-order valence-corrected chi connectivity index (χ0v) is 18.5. The summed E-state index contributed by atoms with van der Waals surface area (Å²) in [6, 6.07) is 10.2. The monoisotopic (exact) mass is 488 g/mol. The van der Waals surface area contributed by atoms with E-state index in [0.29, 0.717) is 36.7 Å². The van der Waals surface area contributed by atoms with Gasteiger partial charge in [-0.1, -0.05) is 18.2 Å². The summed E-state index contributed by atoms with van der Waals surface area (Å²) in [6.45, 7) is 3.26. The molecule has 2 rings (SSSR count). The average Bonchev–Trinajstić information content (AvgIpc) is 2.60. The number of guanidine groups is 1. The summed E-state index contributed by atoms with van der Waals surface area (Å²) in [5.74, 6) is 0.183. The summed E-state index contributed by atoms with van der Waals surface area (Å²) in [6.07, 6.45) is 0. The molecule has 0 unspecified atom stereocenters. The minimum Gasteiger partial charge on any atom is -0.352 e.